The van der Waals surface area contributed by atoms with Crippen molar-refractivity contribution in [3.05, 3.63) is 16.3 Å². The molecular formula is C12H22N2O3S2. The molecule has 0 spiro atoms. The molecule has 7 heteroatoms. The summed E-state index contributed by atoms with van der Waals surface area (Å²) in [5.74, 6) is 0. The molecule has 110 valence electrons. The van der Waals surface area contributed by atoms with Crippen LogP contribution in [0.15, 0.2) is 16.3 Å². The molecule has 1 aromatic rings. The van der Waals surface area contributed by atoms with Crippen LogP contribution in [-0.4, -0.2) is 56.0 Å². The zero-order valence-electron chi connectivity index (χ0n) is 11.8. The van der Waals surface area contributed by atoms with Gasteiger partial charge in [0.1, 0.15) is 0 Å². The van der Waals surface area contributed by atoms with Crippen LogP contribution in [0.3, 0.4) is 0 Å². The number of aliphatic hydroxyl groups excluding tert-OH is 1. The van der Waals surface area contributed by atoms with Gasteiger partial charge in [-0.15, -0.1) is 11.3 Å². The van der Waals surface area contributed by atoms with E-state index < -0.39 is 10.0 Å². The zero-order chi connectivity index (χ0) is 14.6. The summed E-state index contributed by atoms with van der Waals surface area (Å²) < 4.78 is 26.6. The van der Waals surface area contributed by atoms with Crippen LogP contribution >= 0.6 is 11.3 Å². The average molecular weight is 306 g/mol. The van der Waals surface area contributed by atoms with Crippen LogP contribution in [0.2, 0.25) is 0 Å². The minimum Gasteiger partial charge on any atom is -0.391 e. The van der Waals surface area contributed by atoms with Crippen molar-refractivity contribution in [1.82, 2.24) is 9.21 Å². The SMILES string of the molecule is CCN(C(C)CN(C)C)S(=O)(=O)c1csc(CO)c1. The Hall–Kier alpha value is -0.470. The molecule has 1 aromatic heterocycles. The maximum absolute atomic E-state index is 12.5. The van der Waals surface area contributed by atoms with Crippen molar-refractivity contribution in [2.24, 2.45) is 0 Å². The lowest BCUT2D eigenvalue weighted by atomic mass is 10.3. The molecule has 0 radical (unpaired) electrons. The molecule has 0 saturated carbocycles. The van der Waals surface area contributed by atoms with Gasteiger partial charge in [-0.05, 0) is 27.1 Å². The fourth-order valence-electron chi connectivity index (χ4n) is 2.05. The highest BCUT2D eigenvalue weighted by molar-refractivity contribution is 7.89. The Morgan fingerprint density at radius 1 is 1.42 bits per heavy atom. The quantitative estimate of drug-likeness (QED) is 0.822. The number of thiophene rings is 1. The lowest BCUT2D eigenvalue weighted by molar-refractivity contribution is 0.271. The van der Waals surface area contributed by atoms with E-state index in [0.29, 0.717) is 18.0 Å². The number of likely N-dealkylation sites (N-methyl/N-ethyl adjacent to an activating group) is 2. The molecule has 0 aromatic carbocycles. The second kappa shape index (κ2) is 6.81. The molecule has 0 aliphatic rings. The normalized spacial score (nSPS) is 14.3. The molecule has 0 amide bonds. The lowest BCUT2D eigenvalue weighted by Crippen LogP contribution is -2.43. The van der Waals surface area contributed by atoms with Crippen molar-refractivity contribution in [3.8, 4) is 0 Å². The minimum absolute atomic E-state index is 0.0949. The van der Waals surface area contributed by atoms with Gasteiger partial charge in [0.2, 0.25) is 10.0 Å². The van der Waals surface area contributed by atoms with E-state index in [1.54, 1.807) is 11.4 Å². The summed E-state index contributed by atoms with van der Waals surface area (Å²) in [7, 11) is 0.365. The highest BCUT2D eigenvalue weighted by Gasteiger charge is 2.28. The van der Waals surface area contributed by atoms with Crippen LogP contribution < -0.4 is 0 Å². The van der Waals surface area contributed by atoms with Crippen LogP contribution in [0.5, 0.6) is 0 Å². The lowest BCUT2D eigenvalue weighted by Gasteiger charge is -2.28. The summed E-state index contributed by atoms with van der Waals surface area (Å²) >= 11 is 1.26. The van der Waals surface area contributed by atoms with Crippen LogP contribution in [0.1, 0.15) is 18.7 Å². The predicted molar refractivity (Wildman–Crippen MR) is 77.8 cm³/mol. The molecule has 1 unspecified atom stereocenters. The first-order chi connectivity index (χ1) is 8.82. The maximum atomic E-state index is 12.5. The third-order valence-electron chi connectivity index (χ3n) is 2.82. The molecule has 0 saturated heterocycles. The van der Waals surface area contributed by atoms with Crippen molar-refractivity contribution in [1.29, 1.82) is 0 Å². The van der Waals surface area contributed by atoms with E-state index in [9.17, 15) is 8.42 Å². The third-order valence-corrected chi connectivity index (χ3v) is 5.96. The Morgan fingerprint density at radius 3 is 2.47 bits per heavy atom. The Kier molecular flexibility index (Phi) is 5.94. The predicted octanol–water partition coefficient (Wildman–Crippen LogP) is 1.20. The van der Waals surface area contributed by atoms with Crippen molar-refractivity contribution in [3.63, 3.8) is 0 Å². The second-order valence-electron chi connectivity index (χ2n) is 4.73. The molecular weight excluding hydrogens is 284 g/mol. The summed E-state index contributed by atoms with van der Waals surface area (Å²) in [6, 6.07) is 1.45. The maximum Gasteiger partial charge on any atom is 0.244 e. The Bertz CT molecular complexity index is 497. The van der Waals surface area contributed by atoms with Gasteiger partial charge in [-0.2, -0.15) is 4.31 Å². The van der Waals surface area contributed by atoms with Crippen LogP contribution in [0.25, 0.3) is 0 Å². The molecule has 1 rings (SSSR count). The molecule has 5 nitrogen and oxygen atoms in total. The van der Waals surface area contributed by atoms with E-state index in [4.69, 9.17) is 5.11 Å². The van der Waals surface area contributed by atoms with E-state index in [0.717, 1.165) is 0 Å². The smallest absolute Gasteiger partial charge is 0.244 e. The molecule has 1 atom stereocenters. The van der Waals surface area contributed by atoms with Gasteiger partial charge in [-0.1, -0.05) is 6.92 Å². The van der Waals surface area contributed by atoms with E-state index >= 15 is 0 Å². The minimum atomic E-state index is -3.48. The third kappa shape index (κ3) is 4.00. The van der Waals surface area contributed by atoms with Crippen molar-refractivity contribution in [2.75, 3.05) is 27.2 Å². The molecule has 1 heterocycles. The Morgan fingerprint density at radius 2 is 2.05 bits per heavy atom. The number of sulfonamides is 1. The molecule has 0 fully saturated rings. The summed E-state index contributed by atoms with van der Waals surface area (Å²) in [6.45, 7) is 4.72. The van der Waals surface area contributed by atoms with Gasteiger partial charge < -0.3 is 10.0 Å². The molecule has 1 N–H and O–H groups in total. The molecule has 0 aliphatic heterocycles. The van der Waals surface area contributed by atoms with Gasteiger partial charge in [-0.3, -0.25) is 0 Å². The van der Waals surface area contributed by atoms with Crippen LogP contribution in [0, 0.1) is 0 Å². The highest BCUT2D eigenvalue weighted by atomic mass is 32.2. The number of hydrogen-bond acceptors (Lipinski definition) is 5. The summed E-state index contributed by atoms with van der Waals surface area (Å²) in [5, 5.41) is 10.6. The number of nitrogens with zero attached hydrogens (tertiary/aromatic N) is 2. The Balaban J connectivity index is 3.01. The largest absolute Gasteiger partial charge is 0.391 e. The zero-order valence-corrected chi connectivity index (χ0v) is 13.5. The second-order valence-corrected chi connectivity index (χ2v) is 7.61. The van der Waals surface area contributed by atoms with E-state index in [2.05, 4.69) is 0 Å². The Labute approximate surface area is 119 Å². The topological polar surface area (TPSA) is 60.9 Å². The fourth-order valence-corrected chi connectivity index (χ4v) is 4.80. The standard InChI is InChI=1S/C12H22N2O3S2/c1-5-14(10(2)7-13(3)4)19(16,17)12-6-11(8-15)18-9-12/h6,9-10,15H,5,7-8H2,1-4H3. The van der Waals surface area contributed by atoms with E-state index in [-0.39, 0.29) is 17.5 Å². The van der Waals surface area contributed by atoms with Crippen LogP contribution in [0.4, 0.5) is 0 Å². The average Bonchev–Trinajstić information content (AvgIpc) is 2.77. The summed E-state index contributed by atoms with van der Waals surface area (Å²) in [4.78, 5) is 2.90. The van der Waals surface area contributed by atoms with Crippen molar-refractivity contribution in [2.45, 2.75) is 31.4 Å². The molecule has 0 bridgehead atoms. The van der Waals surface area contributed by atoms with Gasteiger partial charge >= 0.3 is 0 Å². The van der Waals surface area contributed by atoms with Gasteiger partial charge in [0, 0.05) is 29.4 Å². The number of hydrogen-bond donors (Lipinski definition) is 1. The van der Waals surface area contributed by atoms with Gasteiger partial charge in [0.15, 0.2) is 0 Å². The van der Waals surface area contributed by atoms with Crippen molar-refractivity contribution >= 4 is 21.4 Å². The summed E-state index contributed by atoms with van der Waals surface area (Å²) in [5.41, 5.74) is 0. The summed E-state index contributed by atoms with van der Waals surface area (Å²) in [6.07, 6.45) is 0. The first-order valence-electron chi connectivity index (χ1n) is 6.17. The monoisotopic (exact) mass is 306 g/mol. The first kappa shape index (κ1) is 16.6. The molecule has 19 heavy (non-hydrogen) atoms. The van der Waals surface area contributed by atoms with Gasteiger partial charge in [-0.25, -0.2) is 8.42 Å². The number of rotatable bonds is 7. The van der Waals surface area contributed by atoms with E-state index in [1.807, 2.05) is 32.8 Å². The number of aliphatic hydroxyl groups is 1. The highest BCUT2D eigenvalue weighted by Crippen LogP contribution is 2.24. The van der Waals surface area contributed by atoms with Gasteiger partial charge in [0.25, 0.3) is 0 Å². The van der Waals surface area contributed by atoms with Gasteiger partial charge in [0.05, 0.1) is 11.5 Å². The van der Waals surface area contributed by atoms with Crippen LogP contribution in [-0.2, 0) is 16.6 Å². The fraction of sp³-hybridized carbons (Fsp3) is 0.667. The van der Waals surface area contributed by atoms with E-state index in [1.165, 1.54) is 15.6 Å². The first-order valence-corrected chi connectivity index (χ1v) is 8.49. The molecule has 0 aliphatic carbocycles. The van der Waals surface area contributed by atoms with Crippen molar-refractivity contribution < 1.29 is 13.5 Å².